The molecule has 0 saturated carbocycles. The van der Waals surface area contributed by atoms with Crippen LogP contribution in [0.15, 0.2) is 0 Å². The maximum atomic E-state index is 11.9. The fraction of sp³-hybridized carbons (Fsp3) is 1.00. The van der Waals surface area contributed by atoms with Gasteiger partial charge in [0.1, 0.15) is 0 Å². The van der Waals surface area contributed by atoms with E-state index in [1.54, 1.807) is 0 Å². The lowest BCUT2D eigenvalue weighted by atomic mass is 10.3. The van der Waals surface area contributed by atoms with Crippen molar-refractivity contribution < 1.29 is 39.9 Å². The quantitative estimate of drug-likeness (QED) is 0.544. The van der Waals surface area contributed by atoms with Crippen molar-refractivity contribution in [3.05, 3.63) is 0 Å². The fourth-order valence-corrected chi connectivity index (χ4v) is 0.555. The number of halogens is 8. The van der Waals surface area contributed by atoms with E-state index in [1.165, 1.54) is 0 Å². The highest BCUT2D eigenvalue weighted by Gasteiger charge is 2.59. The SMILES string of the molecule is FC(F)(F)CCCOC(F)(F)C(F)(F)F. The summed E-state index contributed by atoms with van der Waals surface area (Å²) in [4.78, 5) is 0. The number of alkyl halides is 8. The molecular weight excluding hydrogens is 240 g/mol. The van der Waals surface area contributed by atoms with Gasteiger partial charge in [0.25, 0.3) is 0 Å². The summed E-state index contributed by atoms with van der Waals surface area (Å²) in [6, 6.07) is 0. The summed E-state index contributed by atoms with van der Waals surface area (Å²) < 4.78 is 95.4. The summed E-state index contributed by atoms with van der Waals surface area (Å²) in [5.74, 6) is 0. The fourth-order valence-electron chi connectivity index (χ4n) is 0.555. The molecular formula is C6H6F8O. The average Bonchev–Trinajstić information content (AvgIpc) is 1.94. The van der Waals surface area contributed by atoms with Gasteiger partial charge in [0.05, 0.1) is 6.61 Å². The number of rotatable bonds is 4. The van der Waals surface area contributed by atoms with Crippen LogP contribution in [-0.4, -0.2) is 25.1 Å². The Balaban J connectivity index is 3.87. The Hall–Kier alpha value is -0.600. The van der Waals surface area contributed by atoms with Gasteiger partial charge in [-0.05, 0) is 6.42 Å². The molecule has 0 saturated heterocycles. The van der Waals surface area contributed by atoms with Crippen LogP contribution in [0, 0.1) is 0 Å². The van der Waals surface area contributed by atoms with Crippen LogP contribution in [0.4, 0.5) is 35.1 Å². The second kappa shape index (κ2) is 4.50. The minimum Gasteiger partial charge on any atom is -0.313 e. The molecule has 0 rings (SSSR count). The summed E-state index contributed by atoms with van der Waals surface area (Å²) in [7, 11) is 0. The first-order valence-electron chi connectivity index (χ1n) is 3.61. The Labute approximate surface area is 79.0 Å². The van der Waals surface area contributed by atoms with Crippen LogP contribution >= 0.6 is 0 Å². The van der Waals surface area contributed by atoms with Gasteiger partial charge in [-0.1, -0.05) is 0 Å². The van der Waals surface area contributed by atoms with E-state index in [-0.39, 0.29) is 0 Å². The molecule has 0 aromatic heterocycles. The van der Waals surface area contributed by atoms with Crippen LogP contribution in [0.5, 0.6) is 0 Å². The highest BCUT2D eigenvalue weighted by molar-refractivity contribution is 4.64. The van der Waals surface area contributed by atoms with Gasteiger partial charge < -0.3 is 4.74 Å². The van der Waals surface area contributed by atoms with Crippen molar-refractivity contribution in [1.82, 2.24) is 0 Å². The van der Waals surface area contributed by atoms with Crippen molar-refractivity contribution in [3.63, 3.8) is 0 Å². The Morgan fingerprint density at radius 1 is 0.800 bits per heavy atom. The number of ether oxygens (including phenoxy) is 1. The summed E-state index contributed by atoms with van der Waals surface area (Å²) >= 11 is 0. The maximum Gasteiger partial charge on any atom is 0.482 e. The van der Waals surface area contributed by atoms with Crippen LogP contribution in [0.2, 0.25) is 0 Å². The lowest BCUT2D eigenvalue weighted by molar-refractivity contribution is -0.391. The second-order valence-electron chi connectivity index (χ2n) is 2.58. The Kier molecular flexibility index (Phi) is 4.32. The van der Waals surface area contributed by atoms with E-state index >= 15 is 0 Å². The van der Waals surface area contributed by atoms with E-state index in [2.05, 4.69) is 4.74 Å². The summed E-state index contributed by atoms with van der Waals surface area (Å²) in [5.41, 5.74) is 0. The molecule has 0 fully saturated rings. The lowest BCUT2D eigenvalue weighted by Gasteiger charge is -2.19. The van der Waals surface area contributed by atoms with Crippen LogP contribution in [0.3, 0.4) is 0 Å². The Morgan fingerprint density at radius 3 is 1.60 bits per heavy atom. The van der Waals surface area contributed by atoms with E-state index in [9.17, 15) is 35.1 Å². The van der Waals surface area contributed by atoms with E-state index in [0.717, 1.165) is 0 Å². The molecule has 0 heterocycles. The van der Waals surface area contributed by atoms with Crippen molar-refractivity contribution in [3.8, 4) is 0 Å². The zero-order chi connectivity index (χ0) is 12.3. The first-order valence-corrected chi connectivity index (χ1v) is 3.61. The molecule has 0 aromatic carbocycles. The monoisotopic (exact) mass is 246 g/mol. The van der Waals surface area contributed by atoms with Crippen LogP contribution in [0.1, 0.15) is 12.8 Å². The number of hydrogen-bond acceptors (Lipinski definition) is 1. The van der Waals surface area contributed by atoms with Crippen molar-refractivity contribution in [2.75, 3.05) is 6.61 Å². The second-order valence-corrected chi connectivity index (χ2v) is 2.58. The standard InChI is InChI=1S/C6H6F8O/c7-4(8,9)2-1-3-15-6(13,14)5(10,11)12/h1-3H2. The first kappa shape index (κ1) is 14.4. The Bertz CT molecular complexity index is 192. The van der Waals surface area contributed by atoms with Crippen molar-refractivity contribution in [2.45, 2.75) is 31.3 Å². The van der Waals surface area contributed by atoms with Crippen molar-refractivity contribution >= 4 is 0 Å². The van der Waals surface area contributed by atoms with Gasteiger partial charge in [-0.25, -0.2) is 0 Å². The topological polar surface area (TPSA) is 9.23 Å². The van der Waals surface area contributed by atoms with Gasteiger partial charge in [-0.15, -0.1) is 0 Å². The summed E-state index contributed by atoms with van der Waals surface area (Å²) in [6.45, 7) is -1.31. The molecule has 0 spiro atoms. The molecule has 0 bridgehead atoms. The zero-order valence-corrected chi connectivity index (χ0v) is 7.05. The number of hydrogen-bond donors (Lipinski definition) is 0. The van der Waals surface area contributed by atoms with Gasteiger partial charge in [0.2, 0.25) is 0 Å². The van der Waals surface area contributed by atoms with E-state index in [1.807, 2.05) is 0 Å². The van der Waals surface area contributed by atoms with E-state index < -0.39 is 37.9 Å². The van der Waals surface area contributed by atoms with Crippen LogP contribution in [-0.2, 0) is 4.74 Å². The maximum absolute atomic E-state index is 11.9. The zero-order valence-electron chi connectivity index (χ0n) is 7.05. The summed E-state index contributed by atoms with van der Waals surface area (Å²) in [6.07, 6.45) is -18.3. The lowest BCUT2D eigenvalue weighted by Crippen LogP contribution is -2.39. The molecule has 1 nitrogen and oxygen atoms in total. The molecule has 0 aliphatic rings. The smallest absolute Gasteiger partial charge is 0.313 e. The highest BCUT2D eigenvalue weighted by atomic mass is 19.4. The third-order valence-electron chi connectivity index (χ3n) is 1.22. The van der Waals surface area contributed by atoms with Gasteiger partial charge in [-0.3, -0.25) is 0 Å². The van der Waals surface area contributed by atoms with Crippen molar-refractivity contribution in [1.29, 1.82) is 0 Å². The third-order valence-corrected chi connectivity index (χ3v) is 1.22. The first-order chi connectivity index (χ1) is 6.46. The molecule has 0 aromatic rings. The average molecular weight is 246 g/mol. The molecule has 0 radical (unpaired) electrons. The predicted molar refractivity (Wildman–Crippen MR) is 32.2 cm³/mol. The summed E-state index contributed by atoms with van der Waals surface area (Å²) in [5, 5.41) is 0. The van der Waals surface area contributed by atoms with Crippen molar-refractivity contribution in [2.24, 2.45) is 0 Å². The molecule has 0 atom stereocenters. The molecule has 0 N–H and O–H groups in total. The minimum atomic E-state index is -5.91. The molecule has 0 aliphatic carbocycles. The Morgan fingerprint density at radius 2 is 1.27 bits per heavy atom. The molecule has 0 amide bonds. The van der Waals surface area contributed by atoms with Gasteiger partial charge in [0, 0.05) is 6.42 Å². The predicted octanol–water partition coefficient (Wildman–Crippen LogP) is 3.50. The molecule has 92 valence electrons. The van der Waals surface area contributed by atoms with Gasteiger partial charge >= 0.3 is 18.5 Å². The largest absolute Gasteiger partial charge is 0.482 e. The van der Waals surface area contributed by atoms with Crippen LogP contribution < -0.4 is 0 Å². The molecule has 0 aliphatic heterocycles. The molecule has 9 heteroatoms. The molecule has 15 heavy (non-hydrogen) atoms. The van der Waals surface area contributed by atoms with Gasteiger partial charge in [0.15, 0.2) is 0 Å². The van der Waals surface area contributed by atoms with E-state index in [4.69, 9.17) is 0 Å². The van der Waals surface area contributed by atoms with E-state index in [0.29, 0.717) is 0 Å². The normalized spacial score (nSPS) is 14.4. The third kappa shape index (κ3) is 5.75. The highest BCUT2D eigenvalue weighted by Crippen LogP contribution is 2.36. The van der Waals surface area contributed by atoms with Crippen LogP contribution in [0.25, 0.3) is 0 Å². The van der Waals surface area contributed by atoms with Gasteiger partial charge in [-0.2, -0.15) is 35.1 Å². The molecule has 0 unspecified atom stereocenters. The minimum absolute atomic E-state index is 0.949.